The van der Waals surface area contributed by atoms with Crippen LogP contribution in [0.15, 0.2) is 241 Å². The molecule has 0 aliphatic carbocycles. The van der Waals surface area contributed by atoms with Gasteiger partial charge >= 0.3 is 0 Å². The fraction of sp³-hybridized carbons (Fsp3) is 0. The minimum atomic E-state index is 0.549. The van der Waals surface area contributed by atoms with Gasteiger partial charge in [0, 0.05) is 62.2 Å². The van der Waals surface area contributed by atoms with E-state index in [9.17, 15) is 0 Å². The van der Waals surface area contributed by atoms with E-state index in [1.807, 2.05) is 40.9 Å². The summed E-state index contributed by atoms with van der Waals surface area (Å²) in [5, 5.41) is 14.3. The predicted molar refractivity (Wildman–Crippen MR) is 318 cm³/mol. The quantitative estimate of drug-likeness (QED) is 0.156. The number of nitrogens with zero attached hydrogens (tertiary/aromatic N) is 3. The molecule has 6 heteroatoms. The van der Waals surface area contributed by atoms with E-state index in [1.165, 1.54) is 89.5 Å². The molecule has 4 aromatic heterocycles. The third kappa shape index (κ3) is 6.57. The molecule has 0 amide bonds. The first kappa shape index (κ1) is 42.2. The van der Waals surface area contributed by atoms with E-state index >= 15 is 0 Å². The highest BCUT2D eigenvalue weighted by Gasteiger charge is 2.24. The summed E-state index contributed by atoms with van der Waals surface area (Å²) in [4.78, 5) is 16.2. The summed E-state index contributed by atoms with van der Waals surface area (Å²) < 4.78 is 12.0. The molecule has 0 bridgehead atoms. The van der Waals surface area contributed by atoms with Crippen molar-refractivity contribution in [3.05, 3.63) is 237 Å². The van der Waals surface area contributed by atoms with E-state index in [-0.39, 0.29) is 0 Å². The fourth-order valence-corrected chi connectivity index (χ4v) is 14.2. The Morgan fingerprint density at radius 2 is 0.853 bits per heavy atom. The predicted octanol–water partition coefficient (Wildman–Crippen LogP) is 20.0. The SMILES string of the molecule is c1ccc(-c2nc(-c3cccc4c3oc3cc(-c5ccccc5-c5cccc6sc7ccccc7c56)ccc34)nc(-c3cccc4sc5c6ccccc6cc(-c6cc7ccccc7c7ccccc67)c5c34)n2)cc1. The van der Waals surface area contributed by atoms with Gasteiger partial charge in [-0.25, -0.2) is 15.0 Å². The lowest BCUT2D eigenvalue weighted by Crippen LogP contribution is -2.00. The van der Waals surface area contributed by atoms with Crippen LogP contribution in [0.5, 0.6) is 0 Å². The van der Waals surface area contributed by atoms with Crippen molar-refractivity contribution < 1.29 is 4.42 Å². The number of para-hydroxylation sites is 1. The molecule has 0 saturated heterocycles. The van der Waals surface area contributed by atoms with Crippen molar-refractivity contribution in [3.8, 4) is 67.5 Å². The zero-order valence-electron chi connectivity index (χ0n) is 40.1. The molecule has 12 aromatic carbocycles. The minimum Gasteiger partial charge on any atom is -0.455 e. The molecule has 4 nitrogen and oxygen atoms in total. The molecule has 0 atom stereocenters. The van der Waals surface area contributed by atoms with Crippen LogP contribution in [0.4, 0.5) is 0 Å². The monoisotopic (exact) mass is 989 g/mol. The molecule has 4 heterocycles. The fourth-order valence-electron chi connectivity index (χ4n) is 11.8. The summed E-state index contributed by atoms with van der Waals surface area (Å²) in [6, 6.07) is 85.0. The van der Waals surface area contributed by atoms with Gasteiger partial charge in [0.25, 0.3) is 0 Å². The van der Waals surface area contributed by atoms with Crippen LogP contribution in [0.1, 0.15) is 0 Å². The smallest absolute Gasteiger partial charge is 0.167 e. The lowest BCUT2D eigenvalue weighted by atomic mass is 9.89. The van der Waals surface area contributed by atoms with Crippen LogP contribution in [-0.2, 0) is 0 Å². The number of hydrogen-bond donors (Lipinski definition) is 0. The molecular formula is C69H39N3OS2. The number of fused-ring (bicyclic) bond motifs is 14. The van der Waals surface area contributed by atoms with Crippen molar-refractivity contribution in [3.63, 3.8) is 0 Å². The maximum absolute atomic E-state index is 7.04. The third-order valence-corrected chi connectivity index (χ3v) is 17.5. The molecule has 0 saturated carbocycles. The van der Waals surface area contributed by atoms with E-state index in [4.69, 9.17) is 19.4 Å². The molecule has 16 rings (SSSR count). The maximum Gasteiger partial charge on any atom is 0.167 e. The van der Waals surface area contributed by atoms with Gasteiger partial charge in [-0.15, -0.1) is 22.7 Å². The Hall–Kier alpha value is -9.33. The molecule has 0 spiro atoms. The number of furan rings is 1. The van der Waals surface area contributed by atoms with E-state index in [1.54, 1.807) is 0 Å². The molecule has 348 valence electrons. The van der Waals surface area contributed by atoms with E-state index in [0.717, 1.165) is 55.1 Å². The van der Waals surface area contributed by atoms with Gasteiger partial charge in [0.05, 0.1) is 5.56 Å². The highest BCUT2D eigenvalue weighted by molar-refractivity contribution is 7.27. The second kappa shape index (κ2) is 16.6. The maximum atomic E-state index is 7.04. The standard InChI is InChI=1S/C69H39N3OS2/c1-2-17-40(18-3-1)67-70-68(54-30-16-34-61-63(54)64-57(38-42-20-5-7-23-46(42)66(64)75-61)56-37-41-19-4-6-21-44(41)47-24-10-11-26-49(47)56)72-69(71-67)55-31-14-29-52-50-36-35-43(39-58(50)73-65(52)55)45-22-8-9-25-48(45)51-28-15-33-60-62(51)53-27-12-13-32-59(53)74-60/h1-39H. The van der Waals surface area contributed by atoms with Gasteiger partial charge in [-0.2, -0.15) is 0 Å². The molecule has 16 aromatic rings. The molecule has 0 unspecified atom stereocenters. The van der Waals surface area contributed by atoms with E-state index in [0.29, 0.717) is 17.5 Å². The van der Waals surface area contributed by atoms with Crippen molar-refractivity contribution in [1.29, 1.82) is 0 Å². The number of hydrogen-bond acceptors (Lipinski definition) is 6. The van der Waals surface area contributed by atoms with Crippen LogP contribution >= 0.6 is 22.7 Å². The van der Waals surface area contributed by atoms with Crippen molar-refractivity contribution >= 4 is 117 Å². The van der Waals surface area contributed by atoms with Gasteiger partial charge in [0.1, 0.15) is 11.2 Å². The number of aromatic nitrogens is 3. The summed E-state index contributed by atoms with van der Waals surface area (Å²) in [6.07, 6.45) is 0. The first-order valence-corrected chi connectivity index (χ1v) is 26.9. The summed E-state index contributed by atoms with van der Waals surface area (Å²) in [6.45, 7) is 0. The zero-order valence-corrected chi connectivity index (χ0v) is 41.7. The first-order chi connectivity index (χ1) is 37.2. The normalized spacial score (nSPS) is 12.0. The molecule has 0 aliphatic rings. The number of benzene rings is 12. The molecule has 75 heavy (non-hydrogen) atoms. The highest BCUT2D eigenvalue weighted by atomic mass is 32.1. The topological polar surface area (TPSA) is 51.8 Å². The Labute approximate surface area is 438 Å². The first-order valence-electron chi connectivity index (χ1n) is 25.2. The Bertz CT molecular complexity index is 5030. The Morgan fingerprint density at radius 3 is 1.69 bits per heavy atom. The Balaban J connectivity index is 0.904. The average Bonchev–Trinajstić information content (AvgIpc) is 4.19. The lowest BCUT2D eigenvalue weighted by Gasteiger charge is -2.15. The average molecular weight is 990 g/mol. The van der Waals surface area contributed by atoms with E-state index < -0.39 is 0 Å². The minimum absolute atomic E-state index is 0.549. The van der Waals surface area contributed by atoms with Crippen molar-refractivity contribution in [2.24, 2.45) is 0 Å². The molecular weight excluding hydrogens is 951 g/mol. The van der Waals surface area contributed by atoms with E-state index in [2.05, 4.69) is 218 Å². The number of thiophene rings is 2. The summed E-state index contributed by atoms with van der Waals surface area (Å²) in [5.41, 5.74) is 11.2. The highest BCUT2D eigenvalue weighted by Crippen LogP contribution is 2.50. The number of rotatable bonds is 6. The van der Waals surface area contributed by atoms with Crippen LogP contribution in [-0.4, -0.2) is 15.0 Å². The van der Waals surface area contributed by atoms with Crippen LogP contribution < -0.4 is 0 Å². The second-order valence-electron chi connectivity index (χ2n) is 19.3. The molecule has 0 fully saturated rings. The van der Waals surface area contributed by atoms with Gasteiger partial charge in [-0.3, -0.25) is 0 Å². The van der Waals surface area contributed by atoms with Crippen LogP contribution in [0, 0.1) is 0 Å². The van der Waals surface area contributed by atoms with Crippen molar-refractivity contribution in [2.45, 2.75) is 0 Å². The largest absolute Gasteiger partial charge is 0.455 e. The molecule has 0 aliphatic heterocycles. The Kier molecular flexibility index (Phi) is 9.34. The van der Waals surface area contributed by atoms with Gasteiger partial charge in [-0.1, -0.05) is 188 Å². The second-order valence-corrected chi connectivity index (χ2v) is 21.4. The van der Waals surface area contributed by atoms with Crippen molar-refractivity contribution in [1.82, 2.24) is 15.0 Å². The van der Waals surface area contributed by atoms with Gasteiger partial charge in [0.2, 0.25) is 0 Å². The summed E-state index contributed by atoms with van der Waals surface area (Å²) in [5.74, 6) is 1.75. The van der Waals surface area contributed by atoms with Crippen LogP contribution in [0.25, 0.3) is 162 Å². The van der Waals surface area contributed by atoms with Gasteiger partial charge in [-0.05, 0) is 114 Å². The van der Waals surface area contributed by atoms with Crippen LogP contribution in [0.3, 0.4) is 0 Å². The Morgan fingerprint density at radius 1 is 0.280 bits per heavy atom. The summed E-state index contributed by atoms with van der Waals surface area (Å²) in [7, 11) is 0. The molecule has 0 radical (unpaired) electrons. The summed E-state index contributed by atoms with van der Waals surface area (Å²) >= 11 is 3.68. The zero-order chi connectivity index (χ0) is 49.1. The third-order valence-electron chi connectivity index (χ3n) is 15.1. The lowest BCUT2D eigenvalue weighted by molar-refractivity contribution is 0.669. The van der Waals surface area contributed by atoms with Gasteiger partial charge in [0.15, 0.2) is 17.5 Å². The van der Waals surface area contributed by atoms with Crippen LogP contribution in [0.2, 0.25) is 0 Å². The molecule has 0 N–H and O–H groups in total. The van der Waals surface area contributed by atoms with Gasteiger partial charge < -0.3 is 4.42 Å². The van der Waals surface area contributed by atoms with Crippen molar-refractivity contribution in [2.75, 3.05) is 0 Å².